The van der Waals surface area contributed by atoms with Crippen molar-refractivity contribution in [3.05, 3.63) is 0 Å². The monoisotopic (exact) mass is 206 g/mol. The molecule has 7 heteroatoms. The van der Waals surface area contributed by atoms with Gasteiger partial charge < -0.3 is 20.1 Å². The van der Waals surface area contributed by atoms with Gasteiger partial charge in [-0.15, -0.1) is 0 Å². The van der Waals surface area contributed by atoms with E-state index in [1.165, 1.54) is 6.92 Å². The Kier molecular flexibility index (Phi) is 4.03. The second-order valence-electron chi connectivity index (χ2n) is 2.46. The van der Waals surface area contributed by atoms with Gasteiger partial charge in [0.1, 0.15) is 0 Å². The molecule has 80 valence electrons. The molecule has 0 amide bonds. The van der Waals surface area contributed by atoms with Crippen LogP contribution in [-0.2, 0) is 19.1 Å². The Bertz CT molecular complexity index is 259. The molecular formula is C7H10O7. The lowest BCUT2D eigenvalue weighted by Crippen LogP contribution is -2.49. The molecule has 0 fully saturated rings. The predicted octanol–water partition coefficient (Wildman–Crippen LogP) is -1.16. The summed E-state index contributed by atoms with van der Waals surface area (Å²) in [6.07, 6.45) is -1.23. The van der Waals surface area contributed by atoms with Gasteiger partial charge in [-0.1, -0.05) is 0 Å². The van der Waals surface area contributed by atoms with E-state index in [1.54, 1.807) is 0 Å². The molecule has 0 heterocycles. The topological polar surface area (TPSA) is 121 Å². The highest BCUT2D eigenvalue weighted by molar-refractivity contribution is 6.05. The molecule has 0 aromatic rings. The molecule has 0 spiro atoms. The smallest absolute Gasteiger partial charge is 0.350 e. The van der Waals surface area contributed by atoms with Crippen LogP contribution >= 0.6 is 0 Å². The van der Waals surface area contributed by atoms with Gasteiger partial charge in [-0.3, -0.25) is 4.79 Å². The van der Waals surface area contributed by atoms with E-state index in [1.807, 2.05) is 0 Å². The van der Waals surface area contributed by atoms with Gasteiger partial charge in [0.2, 0.25) is 0 Å². The molecule has 0 bridgehead atoms. The number of carboxylic acids is 2. The highest BCUT2D eigenvalue weighted by Crippen LogP contribution is 2.13. The van der Waals surface area contributed by atoms with E-state index in [2.05, 4.69) is 4.74 Å². The first-order valence-corrected chi connectivity index (χ1v) is 3.69. The lowest BCUT2D eigenvalue weighted by atomic mass is 10.0. The van der Waals surface area contributed by atoms with Gasteiger partial charge in [-0.05, 0) is 6.92 Å². The van der Waals surface area contributed by atoms with Crippen LogP contribution in [0.25, 0.3) is 0 Å². The SMILES string of the molecule is CCOC(=O)C(O)(CC(=O)O)C(=O)O. The number of rotatable bonds is 5. The number of hydrogen-bond donors (Lipinski definition) is 3. The molecule has 0 rings (SSSR count). The summed E-state index contributed by atoms with van der Waals surface area (Å²) in [5.41, 5.74) is -3.01. The third-order valence-electron chi connectivity index (χ3n) is 1.37. The summed E-state index contributed by atoms with van der Waals surface area (Å²) in [7, 11) is 0. The molecule has 3 N–H and O–H groups in total. The molecular weight excluding hydrogens is 196 g/mol. The summed E-state index contributed by atoms with van der Waals surface area (Å²) in [6, 6.07) is 0. The van der Waals surface area contributed by atoms with Crippen molar-refractivity contribution >= 4 is 17.9 Å². The van der Waals surface area contributed by atoms with Crippen molar-refractivity contribution in [3.8, 4) is 0 Å². The average Bonchev–Trinajstić information content (AvgIpc) is 2.02. The number of carbonyl (C=O) groups is 3. The van der Waals surface area contributed by atoms with Crippen molar-refractivity contribution in [2.75, 3.05) is 6.61 Å². The van der Waals surface area contributed by atoms with Crippen molar-refractivity contribution in [1.29, 1.82) is 0 Å². The second kappa shape index (κ2) is 4.56. The average molecular weight is 206 g/mol. The first kappa shape index (κ1) is 12.4. The highest BCUT2D eigenvalue weighted by Gasteiger charge is 2.48. The number of carboxylic acid groups (broad SMARTS) is 2. The van der Waals surface area contributed by atoms with Crippen LogP contribution in [0.1, 0.15) is 13.3 Å². The Balaban J connectivity index is 4.80. The van der Waals surface area contributed by atoms with Crippen molar-refractivity contribution in [2.24, 2.45) is 0 Å². The van der Waals surface area contributed by atoms with Crippen molar-refractivity contribution in [1.82, 2.24) is 0 Å². The number of ether oxygens (including phenoxy) is 1. The molecule has 1 atom stereocenters. The minimum absolute atomic E-state index is 0.145. The Morgan fingerprint density at radius 2 is 1.79 bits per heavy atom. The molecule has 0 saturated carbocycles. The van der Waals surface area contributed by atoms with E-state index in [4.69, 9.17) is 10.2 Å². The number of aliphatic carboxylic acids is 2. The molecule has 1 unspecified atom stereocenters. The maximum Gasteiger partial charge on any atom is 0.350 e. The summed E-state index contributed by atoms with van der Waals surface area (Å²) < 4.78 is 4.24. The van der Waals surface area contributed by atoms with E-state index in [9.17, 15) is 19.5 Å². The molecule has 7 nitrogen and oxygen atoms in total. The summed E-state index contributed by atoms with van der Waals surface area (Å²) >= 11 is 0. The Morgan fingerprint density at radius 3 is 2.07 bits per heavy atom. The molecule has 0 aromatic heterocycles. The van der Waals surface area contributed by atoms with Gasteiger partial charge in [-0.25, -0.2) is 9.59 Å². The van der Waals surface area contributed by atoms with Gasteiger partial charge >= 0.3 is 17.9 Å². The van der Waals surface area contributed by atoms with Gasteiger partial charge in [0.15, 0.2) is 0 Å². The first-order chi connectivity index (χ1) is 6.34. The Labute approximate surface area is 78.9 Å². The number of aliphatic hydroxyl groups is 1. The second-order valence-corrected chi connectivity index (χ2v) is 2.46. The van der Waals surface area contributed by atoms with E-state index >= 15 is 0 Å². The van der Waals surface area contributed by atoms with Crippen molar-refractivity contribution in [3.63, 3.8) is 0 Å². The van der Waals surface area contributed by atoms with E-state index in [-0.39, 0.29) is 6.61 Å². The fourth-order valence-electron chi connectivity index (χ4n) is 0.704. The van der Waals surface area contributed by atoms with E-state index in [0.29, 0.717) is 0 Å². The Morgan fingerprint density at radius 1 is 1.29 bits per heavy atom. The summed E-state index contributed by atoms with van der Waals surface area (Å²) in [5, 5.41) is 26.0. The maximum absolute atomic E-state index is 10.9. The lowest BCUT2D eigenvalue weighted by Gasteiger charge is -2.18. The third-order valence-corrected chi connectivity index (χ3v) is 1.37. The van der Waals surface area contributed by atoms with Crippen LogP contribution in [-0.4, -0.2) is 45.4 Å². The quantitative estimate of drug-likeness (QED) is 0.383. The van der Waals surface area contributed by atoms with Gasteiger partial charge in [0.25, 0.3) is 5.60 Å². The van der Waals surface area contributed by atoms with Crippen molar-refractivity contribution < 1.29 is 34.4 Å². The first-order valence-electron chi connectivity index (χ1n) is 3.69. The molecule has 14 heavy (non-hydrogen) atoms. The summed E-state index contributed by atoms with van der Waals surface area (Å²) in [6.45, 7) is 1.26. The van der Waals surface area contributed by atoms with E-state index < -0.39 is 29.9 Å². The normalized spacial score (nSPS) is 14.1. The van der Waals surface area contributed by atoms with Gasteiger partial charge in [0.05, 0.1) is 13.0 Å². The van der Waals surface area contributed by atoms with Crippen molar-refractivity contribution in [2.45, 2.75) is 18.9 Å². The standard InChI is InChI=1S/C7H10O7/c1-2-14-6(12)7(13,5(10)11)3-4(8)9/h13H,2-3H2,1H3,(H,8,9)(H,10,11). The number of esters is 1. The number of carbonyl (C=O) groups excluding carboxylic acids is 1. The van der Waals surface area contributed by atoms with Crippen LogP contribution in [0.2, 0.25) is 0 Å². The van der Waals surface area contributed by atoms with Crippen LogP contribution < -0.4 is 0 Å². The molecule has 0 aliphatic heterocycles. The summed E-state index contributed by atoms with van der Waals surface area (Å²) in [4.78, 5) is 31.6. The zero-order valence-corrected chi connectivity index (χ0v) is 7.39. The number of hydrogen-bond acceptors (Lipinski definition) is 5. The molecule has 0 saturated heterocycles. The zero-order valence-electron chi connectivity index (χ0n) is 7.39. The lowest BCUT2D eigenvalue weighted by molar-refractivity contribution is -0.183. The van der Waals surface area contributed by atoms with Crippen LogP contribution in [0.3, 0.4) is 0 Å². The maximum atomic E-state index is 10.9. The van der Waals surface area contributed by atoms with Gasteiger partial charge in [0, 0.05) is 0 Å². The third kappa shape index (κ3) is 2.70. The molecule has 0 aliphatic carbocycles. The highest BCUT2D eigenvalue weighted by atomic mass is 16.6. The minimum Gasteiger partial charge on any atom is -0.481 e. The van der Waals surface area contributed by atoms with Crippen LogP contribution in [0, 0.1) is 0 Å². The van der Waals surface area contributed by atoms with Crippen LogP contribution in [0.5, 0.6) is 0 Å². The minimum atomic E-state index is -3.01. The van der Waals surface area contributed by atoms with E-state index in [0.717, 1.165) is 0 Å². The zero-order chi connectivity index (χ0) is 11.4. The fourth-order valence-corrected chi connectivity index (χ4v) is 0.704. The van der Waals surface area contributed by atoms with Crippen LogP contribution in [0.4, 0.5) is 0 Å². The van der Waals surface area contributed by atoms with Gasteiger partial charge in [-0.2, -0.15) is 0 Å². The molecule has 0 aromatic carbocycles. The summed E-state index contributed by atoms with van der Waals surface area (Å²) in [5.74, 6) is -5.03. The molecule has 0 aliphatic rings. The predicted molar refractivity (Wildman–Crippen MR) is 41.5 cm³/mol. The molecule has 0 radical (unpaired) electrons. The largest absolute Gasteiger partial charge is 0.481 e. The van der Waals surface area contributed by atoms with Crippen LogP contribution in [0.15, 0.2) is 0 Å². The fraction of sp³-hybridized carbons (Fsp3) is 0.571. The Hall–Kier alpha value is -1.63.